The molecule has 7 heteroatoms. The second kappa shape index (κ2) is 6.55. The molecule has 2 atom stereocenters. The Morgan fingerprint density at radius 1 is 1.15 bits per heavy atom. The van der Waals surface area contributed by atoms with Gasteiger partial charge in [0, 0.05) is 55.8 Å². The smallest absolute Gasteiger partial charge is 0.270 e. The number of nitrogens with one attached hydrogen (secondary N) is 1. The average molecular weight is 353 g/mol. The zero-order valence-electron chi connectivity index (χ0n) is 15.1. The fourth-order valence-corrected chi connectivity index (χ4v) is 3.94. The molecule has 1 amide bonds. The molecular formula is C19H23N5O2. The van der Waals surface area contributed by atoms with Crippen molar-refractivity contribution in [2.24, 2.45) is 11.8 Å². The number of amides is 1. The predicted octanol–water partition coefficient (Wildman–Crippen LogP) is 1.50. The molecule has 26 heavy (non-hydrogen) atoms. The van der Waals surface area contributed by atoms with Crippen LogP contribution in [0.3, 0.4) is 0 Å². The van der Waals surface area contributed by atoms with Crippen LogP contribution in [0.2, 0.25) is 0 Å². The summed E-state index contributed by atoms with van der Waals surface area (Å²) in [6, 6.07) is 6.77. The van der Waals surface area contributed by atoms with Gasteiger partial charge in [-0.2, -0.15) is 0 Å². The van der Waals surface area contributed by atoms with Crippen molar-refractivity contribution in [3.05, 3.63) is 52.3 Å². The van der Waals surface area contributed by atoms with Gasteiger partial charge in [-0.25, -0.2) is 9.97 Å². The van der Waals surface area contributed by atoms with Crippen molar-refractivity contribution in [1.82, 2.24) is 19.9 Å². The third kappa shape index (κ3) is 3.09. The van der Waals surface area contributed by atoms with E-state index in [-0.39, 0.29) is 11.5 Å². The lowest BCUT2D eigenvalue weighted by atomic mass is 10.0. The molecule has 2 unspecified atom stereocenters. The Morgan fingerprint density at radius 2 is 1.88 bits per heavy atom. The van der Waals surface area contributed by atoms with Gasteiger partial charge in [0.2, 0.25) is 5.56 Å². The first-order valence-electron chi connectivity index (χ1n) is 9.07. The van der Waals surface area contributed by atoms with E-state index in [1.807, 2.05) is 4.90 Å². The Bertz CT molecular complexity index is 864. The van der Waals surface area contributed by atoms with E-state index in [0.29, 0.717) is 23.4 Å². The minimum Gasteiger partial charge on any atom is -0.356 e. The summed E-state index contributed by atoms with van der Waals surface area (Å²) in [6.45, 7) is 7.49. The van der Waals surface area contributed by atoms with Crippen LogP contribution in [0, 0.1) is 11.8 Å². The fraction of sp³-hybridized carbons (Fsp3) is 0.474. The first kappa shape index (κ1) is 16.8. The quantitative estimate of drug-likeness (QED) is 0.904. The lowest BCUT2D eigenvalue weighted by Crippen LogP contribution is -2.34. The van der Waals surface area contributed by atoms with E-state index in [2.05, 4.69) is 39.8 Å². The van der Waals surface area contributed by atoms with Crippen LogP contribution >= 0.6 is 0 Å². The van der Waals surface area contributed by atoms with E-state index in [0.717, 1.165) is 37.7 Å². The summed E-state index contributed by atoms with van der Waals surface area (Å²) in [7, 11) is 0. The molecule has 136 valence electrons. The monoisotopic (exact) mass is 353 g/mol. The van der Waals surface area contributed by atoms with E-state index < -0.39 is 0 Å². The molecule has 1 N–H and O–H groups in total. The van der Waals surface area contributed by atoms with Gasteiger partial charge < -0.3 is 14.8 Å². The van der Waals surface area contributed by atoms with Gasteiger partial charge in [0.1, 0.15) is 17.8 Å². The Hall–Kier alpha value is -2.70. The van der Waals surface area contributed by atoms with Crippen molar-refractivity contribution >= 4 is 11.7 Å². The van der Waals surface area contributed by atoms with Crippen LogP contribution in [0.4, 0.5) is 5.82 Å². The summed E-state index contributed by atoms with van der Waals surface area (Å²) in [5.41, 5.74) is 1.18. The maximum Gasteiger partial charge on any atom is 0.270 e. The lowest BCUT2D eigenvalue weighted by molar-refractivity contribution is 0.0776. The number of anilines is 1. The third-order valence-electron chi connectivity index (χ3n) is 5.36. The number of H-pyrrole nitrogens is 1. The first-order valence-corrected chi connectivity index (χ1v) is 9.07. The molecule has 0 aromatic carbocycles. The minimum absolute atomic E-state index is 0.0900. The summed E-state index contributed by atoms with van der Waals surface area (Å²) >= 11 is 0. The number of carbonyl (C=O) groups is 1. The van der Waals surface area contributed by atoms with Gasteiger partial charge in [0.15, 0.2) is 0 Å². The standard InChI is InChI=1S/C19H23N5O2/c1-12(2)16-6-17(21-11-20-16)23-7-13-9-24(10-14(13)8-23)19(26)15-4-3-5-18(25)22-15/h3-6,11-14H,7-10H2,1-2H3,(H,22,25). The third-order valence-corrected chi connectivity index (χ3v) is 5.36. The van der Waals surface area contributed by atoms with Crippen LogP contribution in [-0.4, -0.2) is 51.9 Å². The van der Waals surface area contributed by atoms with Crippen LogP contribution in [0.25, 0.3) is 0 Å². The van der Waals surface area contributed by atoms with Crippen molar-refractivity contribution in [1.29, 1.82) is 0 Å². The van der Waals surface area contributed by atoms with E-state index in [1.54, 1.807) is 18.5 Å². The summed E-state index contributed by atoms with van der Waals surface area (Å²) in [4.78, 5) is 39.6. The maximum atomic E-state index is 12.6. The van der Waals surface area contributed by atoms with Gasteiger partial charge >= 0.3 is 0 Å². The van der Waals surface area contributed by atoms with Gasteiger partial charge in [-0.3, -0.25) is 9.59 Å². The Morgan fingerprint density at radius 3 is 2.54 bits per heavy atom. The van der Waals surface area contributed by atoms with Gasteiger partial charge in [-0.15, -0.1) is 0 Å². The predicted molar refractivity (Wildman–Crippen MR) is 98.3 cm³/mol. The number of pyridine rings is 1. The highest BCUT2D eigenvalue weighted by Gasteiger charge is 2.42. The molecule has 2 aliphatic rings. The van der Waals surface area contributed by atoms with Crippen molar-refractivity contribution in [3.63, 3.8) is 0 Å². The summed E-state index contributed by atoms with van der Waals surface area (Å²) < 4.78 is 0. The molecule has 0 saturated carbocycles. The lowest BCUT2D eigenvalue weighted by Gasteiger charge is -2.22. The normalized spacial score (nSPS) is 22.1. The van der Waals surface area contributed by atoms with Gasteiger partial charge in [0.05, 0.1) is 0 Å². The van der Waals surface area contributed by atoms with Crippen molar-refractivity contribution in [3.8, 4) is 0 Å². The molecule has 4 rings (SSSR count). The van der Waals surface area contributed by atoms with Crippen molar-refractivity contribution < 1.29 is 4.79 Å². The molecule has 2 fully saturated rings. The maximum absolute atomic E-state index is 12.6. The highest BCUT2D eigenvalue weighted by molar-refractivity contribution is 5.92. The fourth-order valence-electron chi connectivity index (χ4n) is 3.94. The van der Waals surface area contributed by atoms with Crippen LogP contribution in [0.15, 0.2) is 35.4 Å². The second-order valence-corrected chi connectivity index (χ2v) is 7.52. The number of rotatable bonds is 3. The summed E-state index contributed by atoms with van der Waals surface area (Å²) in [6.07, 6.45) is 1.64. The Labute approximate surface area is 152 Å². The van der Waals surface area contributed by atoms with E-state index in [4.69, 9.17) is 0 Å². The highest BCUT2D eigenvalue weighted by atomic mass is 16.2. The van der Waals surface area contributed by atoms with Crippen LogP contribution in [-0.2, 0) is 0 Å². The topological polar surface area (TPSA) is 82.2 Å². The summed E-state index contributed by atoms with van der Waals surface area (Å²) in [5, 5.41) is 0. The van der Waals surface area contributed by atoms with Gasteiger partial charge in [0.25, 0.3) is 5.91 Å². The largest absolute Gasteiger partial charge is 0.356 e. The zero-order chi connectivity index (χ0) is 18.3. The van der Waals surface area contributed by atoms with Crippen LogP contribution < -0.4 is 10.5 Å². The van der Waals surface area contributed by atoms with E-state index >= 15 is 0 Å². The van der Waals surface area contributed by atoms with Crippen molar-refractivity contribution in [2.75, 3.05) is 31.1 Å². The minimum atomic E-state index is -0.244. The van der Waals surface area contributed by atoms with E-state index in [9.17, 15) is 9.59 Å². The number of aromatic amines is 1. The highest BCUT2D eigenvalue weighted by Crippen LogP contribution is 2.34. The second-order valence-electron chi connectivity index (χ2n) is 7.52. The van der Waals surface area contributed by atoms with Crippen molar-refractivity contribution in [2.45, 2.75) is 19.8 Å². The number of likely N-dealkylation sites (tertiary alicyclic amines) is 1. The molecule has 0 spiro atoms. The number of fused-ring (bicyclic) bond motifs is 1. The number of carbonyl (C=O) groups excluding carboxylic acids is 1. The number of hydrogen-bond acceptors (Lipinski definition) is 5. The summed E-state index contributed by atoms with van der Waals surface area (Å²) in [5.74, 6) is 2.13. The number of aromatic nitrogens is 3. The Balaban J connectivity index is 1.43. The van der Waals surface area contributed by atoms with E-state index in [1.165, 1.54) is 6.07 Å². The molecule has 7 nitrogen and oxygen atoms in total. The zero-order valence-corrected chi connectivity index (χ0v) is 15.1. The van der Waals surface area contributed by atoms with Crippen LogP contribution in [0.5, 0.6) is 0 Å². The molecule has 4 heterocycles. The first-order chi connectivity index (χ1) is 12.5. The molecule has 0 aliphatic carbocycles. The Kier molecular flexibility index (Phi) is 4.22. The molecule has 2 aliphatic heterocycles. The average Bonchev–Trinajstić information content (AvgIpc) is 3.20. The molecule has 0 radical (unpaired) electrons. The number of hydrogen-bond donors (Lipinski definition) is 1. The van der Waals surface area contributed by atoms with Gasteiger partial charge in [-0.1, -0.05) is 19.9 Å². The molecule has 2 aromatic rings. The van der Waals surface area contributed by atoms with Gasteiger partial charge in [-0.05, 0) is 12.0 Å². The SMILES string of the molecule is CC(C)c1cc(N2CC3CN(C(=O)c4cccc(=O)[nH]4)CC3C2)ncn1. The number of nitrogens with zero attached hydrogens (tertiary/aromatic N) is 4. The molecule has 2 aromatic heterocycles. The molecular weight excluding hydrogens is 330 g/mol. The van der Waals surface area contributed by atoms with Crippen LogP contribution in [0.1, 0.15) is 35.9 Å². The molecule has 2 saturated heterocycles. The molecule has 0 bridgehead atoms.